The molecule has 0 aromatic heterocycles. The van der Waals surface area contributed by atoms with E-state index in [4.69, 9.17) is 14.2 Å². The smallest absolute Gasteiger partial charge is 0.240 e. The van der Waals surface area contributed by atoms with Crippen molar-refractivity contribution in [2.75, 3.05) is 30.1 Å². The average molecular weight is 587 g/mol. The zero-order valence-electron chi connectivity index (χ0n) is 20.9. The van der Waals surface area contributed by atoms with Crippen LogP contribution in [0.25, 0.3) is 6.08 Å². The van der Waals surface area contributed by atoms with Crippen molar-refractivity contribution in [1.29, 1.82) is 0 Å². The SMILES string of the molecule is COc1ccc(C(=O)[C@@H]2[C@H]3C(=O)N(c4ccc5c(c4)OCCO5)C(=O)[C@@H]3[C@H]3C=Cc4ccccc4N32)cc1Br. The molecule has 4 heterocycles. The Morgan fingerprint density at radius 3 is 2.51 bits per heavy atom. The summed E-state index contributed by atoms with van der Waals surface area (Å²) in [5, 5.41) is 0. The Morgan fingerprint density at radius 1 is 0.949 bits per heavy atom. The first-order valence-corrected chi connectivity index (χ1v) is 13.5. The van der Waals surface area contributed by atoms with E-state index in [1.807, 2.05) is 41.3 Å². The number of rotatable bonds is 4. The van der Waals surface area contributed by atoms with Crippen LogP contribution in [0.15, 0.2) is 71.2 Å². The van der Waals surface area contributed by atoms with Gasteiger partial charge in [0.2, 0.25) is 11.8 Å². The molecular formula is C30H23BrN2O6. The van der Waals surface area contributed by atoms with Gasteiger partial charge in [0.1, 0.15) is 25.0 Å². The molecule has 0 bridgehead atoms. The van der Waals surface area contributed by atoms with Gasteiger partial charge in [0.05, 0.1) is 35.1 Å². The van der Waals surface area contributed by atoms with Crippen molar-refractivity contribution in [2.45, 2.75) is 12.1 Å². The van der Waals surface area contributed by atoms with Gasteiger partial charge >= 0.3 is 0 Å². The highest BCUT2D eigenvalue weighted by Crippen LogP contribution is 2.50. The van der Waals surface area contributed by atoms with E-state index in [1.54, 1.807) is 43.5 Å². The molecular weight excluding hydrogens is 564 g/mol. The maximum Gasteiger partial charge on any atom is 0.240 e. The third kappa shape index (κ3) is 3.52. The van der Waals surface area contributed by atoms with Crippen LogP contribution in [-0.2, 0) is 9.59 Å². The van der Waals surface area contributed by atoms with Gasteiger partial charge in [0.15, 0.2) is 17.3 Å². The number of Topliss-reactive ketones (excluding diaryl/α,β-unsaturated/α-hetero) is 1. The summed E-state index contributed by atoms with van der Waals surface area (Å²) in [5.74, 6) is -0.880. The molecule has 0 unspecified atom stereocenters. The van der Waals surface area contributed by atoms with E-state index >= 15 is 0 Å². The molecule has 0 spiro atoms. The summed E-state index contributed by atoms with van der Waals surface area (Å²) in [7, 11) is 1.56. The van der Waals surface area contributed by atoms with Crippen LogP contribution < -0.4 is 24.0 Å². The first-order chi connectivity index (χ1) is 19.0. The Balaban J connectivity index is 1.34. The molecule has 8 nitrogen and oxygen atoms in total. The Morgan fingerprint density at radius 2 is 1.72 bits per heavy atom. The molecule has 2 amide bonds. The van der Waals surface area contributed by atoms with Crippen LogP contribution in [0.2, 0.25) is 0 Å². The molecule has 196 valence electrons. The highest BCUT2D eigenvalue weighted by atomic mass is 79.9. The van der Waals surface area contributed by atoms with Crippen molar-refractivity contribution in [3.63, 3.8) is 0 Å². The molecule has 0 N–H and O–H groups in total. The van der Waals surface area contributed by atoms with Gasteiger partial charge in [-0.2, -0.15) is 0 Å². The fourth-order valence-corrected chi connectivity index (χ4v) is 6.77. The van der Waals surface area contributed by atoms with Gasteiger partial charge < -0.3 is 19.1 Å². The summed E-state index contributed by atoms with van der Waals surface area (Å²) >= 11 is 3.47. The number of para-hydroxylation sites is 1. The van der Waals surface area contributed by atoms with Gasteiger partial charge in [-0.15, -0.1) is 0 Å². The lowest BCUT2D eigenvalue weighted by atomic mass is 9.86. The zero-order valence-corrected chi connectivity index (χ0v) is 22.5. The number of carbonyl (C=O) groups excluding carboxylic acids is 3. The maximum atomic E-state index is 14.2. The first-order valence-electron chi connectivity index (χ1n) is 12.7. The quantitative estimate of drug-likeness (QED) is 0.328. The van der Waals surface area contributed by atoms with Crippen LogP contribution >= 0.6 is 15.9 Å². The van der Waals surface area contributed by atoms with E-state index in [-0.39, 0.29) is 11.7 Å². The molecule has 7 rings (SSSR count). The topological polar surface area (TPSA) is 85.4 Å². The lowest BCUT2D eigenvalue weighted by Crippen LogP contribution is -2.48. The predicted octanol–water partition coefficient (Wildman–Crippen LogP) is 4.50. The van der Waals surface area contributed by atoms with Crippen LogP contribution in [0.1, 0.15) is 15.9 Å². The summed E-state index contributed by atoms with van der Waals surface area (Å²) < 4.78 is 17.3. The summed E-state index contributed by atoms with van der Waals surface area (Å²) in [6.45, 7) is 0.827. The summed E-state index contributed by atoms with van der Waals surface area (Å²) in [4.78, 5) is 45.6. The number of carbonyl (C=O) groups is 3. The van der Waals surface area contributed by atoms with Gasteiger partial charge in [-0.25, -0.2) is 4.90 Å². The molecule has 0 aliphatic carbocycles. The van der Waals surface area contributed by atoms with E-state index in [2.05, 4.69) is 15.9 Å². The first kappa shape index (κ1) is 24.0. The number of ether oxygens (including phenoxy) is 3. The van der Waals surface area contributed by atoms with E-state index in [0.717, 1.165) is 11.3 Å². The van der Waals surface area contributed by atoms with Crippen LogP contribution in [0.5, 0.6) is 17.2 Å². The number of anilines is 2. The van der Waals surface area contributed by atoms with Gasteiger partial charge in [0, 0.05) is 17.3 Å². The normalized spacial score (nSPS) is 24.4. The number of hydrogen-bond donors (Lipinski definition) is 0. The minimum Gasteiger partial charge on any atom is -0.496 e. The number of ketones is 1. The predicted molar refractivity (Wildman–Crippen MR) is 147 cm³/mol. The van der Waals surface area contributed by atoms with Crippen molar-refractivity contribution in [3.8, 4) is 17.2 Å². The lowest BCUT2D eigenvalue weighted by Gasteiger charge is -2.36. The van der Waals surface area contributed by atoms with Crippen LogP contribution in [-0.4, -0.2) is 50.0 Å². The fraction of sp³-hybridized carbons (Fsp3) is 0.233. The van der Waals surface area contributed by atoms with E-state index in [0.29, 0.717) is 46.2 Å². The highest BCUT2D eigenvalue weighted by Gasteiger charge is 2.64. The fourth-order valence-electron chi connectivity index (χ4n) is 6.23. The van der Waals surface area contributed by atoms with Crippen LogP contribution in [0, 0.1) is 11.8 Å². The van der Waals surface area contributed by atoms with Crippen LogP contribution in [0.4, 0.5) is 11.4 Å². The minimum atomic E-state index is -0.870. The number of fused-ring (bicyclic) bond motifs is 6. The summed E-state index contributed by atoms with van der Waals surface area (Å²) in [6.07, 6.45) is 3.91. The Bertz CT molecular complexity index is 1590. The summed E-state index contributed by atoms with van der Waals surface area (Å²) in [6, 6.07) is 16.6. The lowest BCUT2D eigenvalue weighted by molar-refractivity contribution is -0.122. The number of hydrogen-bond acceptors (Lipinski definition) is 7. The Hall–Kier alpha value is -4.11. The van der Waals surface area contributed by atoms with Gasteiger partial charge in [-0.1, -0.05) is 30.4 Å². The molecule has 9 heteroatoms. The molecule has 4 aliphatic rings. The molecule has 3 aromatic carbocycles. The van der Waals surface area contributed by atoms with Crippen molar-refractivity contribution in [3.05, 3.63) is 82.3 Å². The highest BCUT2D eigenvalue weighted by molar-refractivity contribution is 9.10. The number of imide groups is 1. The standard InChI is InChI=1S/C30H23BrN2O6/c1-37-22-10-7-17(14-19(22)31)28(34)27-26-25(21-9-6-16-4-2-3-5-20(16)33(21)27)29(35)32(30(26)36)18-8-11-23-24(15-18)39-13-12-38-23/h2-11,14-15,21,25-27H,12-13H2,1H3/t21-,25-,26+,27+/m1/s1. The number of halogens is 1. The summed E-state index contributed by atoms with van der Waals surface area (Å²) in [5.41, 5.74) is 2.61. The monoisotopic (exact) mass is 586 g/mol. The third-order valence-electron chi connectivity index (χ3n) is 7.90. The van der Waals surface area contributed by atoms with Crippen LogP contribution in [0.3, 0.4) is 0 Å². The molecule has 2 fully saturated rings. The van der Waals surface area contributed by atoms with E-state index < -0.39 is 29.8 Å². The van der Waals surface area contributed by atoms with Crippen molar-refractivity contribution in [1.82, 2.24) is 0 Å². The number of benzene rings is 3. The molecule has 0 radical (unpaired) electrons. The van der Waals surface area contributed by atoms with Crippen molar-refractivity contribution < 1.29 is 28.6 Å². The molecule has 39 heavy (non-hydrogen) atoms. The third-order valence-corrected chi connectivity index (χ3v) is 8.52. The van der Waals surface area contributed by atoms with Gasteiger partial charge in [-0.05, 0) is 57.9 Å². The maximum absolute atomic E-state index is 14.2. The number of nitrogens with zero attached hydrogens (tertiary/aromatic N) is 2. The largest absolute Gasteiger partial charge is 0.496 e. The minimum absolute atomic E-state index is 0.230. The van der Waals surface area contributed by atoms with Gasteiger partial charge in [-0.3, -0.25) is 14.4 Å². The number of methoxy groups -OCH3 is 1. The van der Waals surface area contributed by atoms with E-state index in [9.17, 15) is 14.4 Å². The molecule has 3 aromatic rings. The van der Waals surface area contributed by atoms with E-state index in [1.165, 1.54) is 4.90 Å². The molecule has 4 atom stereocenters. The average Bonchev–Trinajstić information content (AvgIpc) is 3.44. The van der Waals surface area contributed by atoms with Gasteiger partial charge in [0.25, 0.3) is 0 Å². The Kier molecular flexibility index (Phi) is 5.52. The Labute approximate surface area is 232 Å². The van der Waals surface area contributed by atoms with Crippen molar-refractivity contribution in [2.24, 2.45) is 11.8 Å². The van der Waals surface area contributed by atoms with Crippen molar-refractivity contribution >= 4 is 51.0 Å². The molecule has 0 saturated carbocycles. The second-order valence-electron chi connectivity index (χ2n) is 9.87. The molecule has 4 aliphatic heterocycles. The number of amides is 2. The second kappa shape index (κ2) is 8.98. The molecule has 2 saturated heterocycles. The second-order valence-corrected chi connectivity index (χ2v) is 10.7. The zero-order chi connectivity index (χ0) is 26.8.